The fraction of sp³-hybridized carbons (Fsp3) is 0.667. The first-order valence-electron chi connectivity index (χ1n) is 7.54. The Morgan fingerprint density at radius 1 is 1.43 bits per heavy atom. The van der Waals surface area contributed by atoms with E-state index in [4.69, 9.17) is 4.74 Å². The standard InChI is InChI=1S/C15H24BrN3O3S/c1-6-19-13(12(16)10(4)18-19)14(20)17-11(7-8-23-5)15(21)22-9(2)3/h9,11H,6-8H2,1-5H3,(H,17,20). The molecule has 8 heteroatoms. The molecule has 0 saturated carbocycles. The summed E-state index contributed by atoms with van der Waals surface area (Å²) >= 11 is 5.02. The van der Waals surface area contributed by atoms with Gasteiger partial charge in [0.25, 0.3) is 5.91 Å². The van der Waals surface area contributed by atoms with Gasteiger partial charge in [-0.05, 0) is 62.1 Å². The van der Waals surface area contributed by atoms with Crippen molar-refractivity contribution in [3.63, 3.8) is 0 Å². The van der Waals surface area contributed by atoms with Crippen LogP contribution < -0.4 is 5.32 Å². The number of halogens is 1. The van der Waals surface area contributed by atoms with Crippen molar-refractivity contribution in [2.75, 3.05) is 12.0 Å². The first kappa shape index (κ1) is 20.0. The van der Waals surface area contributed by atoms with Gasteiger partial charge in [0, 0.05) is 6.54 Å². The van der Waals surface area contributed by atoms with Crippen molar-refractivity contribution < 1.29 is 14.3 Å². The number of hydrogen-bond acceptors (Lipinski definition) is 5. The number of carbonyl (C=O) groups excluding carboxylic acids is 2. The molecule has 1 aromatic rings. The fourth-order valence-electron chi connectivity index (χ4n) is 2.03. The fourth-order valence-corrected chi connectivity index (χ4v) is 2.97. The summed E-state index contributed by atoms with van der Waals surface area (Å²) in [6.45, 7) is 7.88. The van der Waals surface area contributed by atoms with Crippen LogP contribution in [0.1, 0.15) is 43.4 Å². The third-order valence-corrected chi connectivity index (χ3v) is 4.71. The summed E-state index contributed by atoms with van der Waals surface area (Å²) in [6.07, 6.45) is 2.26. The molecule has 6 nitrogen and oxygen atoms in total. The zero-order valence-electron chi connectivity index (χ0n) is 14.2. The quantitative estimate of drug-likeness (QED) is 0.673. The molecule has 0 fully saturated rings. The van der Waals surface area contributed by atoms with E-state index in [0.717, 1.165) is 11.4 Å². The van der Waals surface area contributed by atoms with Gasteiger partial charge in [0.15, 0.2) is 0 Å². The van der Waals surface area contributed by atoms with Gasteiger partial charge in [0.1, 0.15) is 11.7 Å². The molecule has 0 saturated heterocycles. The van der Waals surface area contributed by atoms with E-state index in [0.29, 0.717) is 23.1 Å². The molecule has 0 spiro atoms. The van der Waals surface area contributed by atoms with Crippen molar-refractivity contribution >= 4 is 39.6 Å². The van der Waals surface area contributed by atoms with Gasteiger partial charge in [-0.15, -0.1) is 0 Å². The van der Waals surface area contributed by atoms with E-state index in [1.165, 1.54) is 0 Å². The SMILES string of the molecule is CCn1nc(C)c(Br)c1C(=O)NC(CCSC)C(=O)OC(C)C. The van der Waals surface area contributed by atoms with E-state index >= 15 is 0 Å². The average Bonchev–Trinajstić information content (AvgIpc) is 2.77. The Kier molecular flexibility index (Phi) is 8.11. The highest BCUT2D eigenvalue weighted by molar-refractivity contribution is 9.10. The van der Waals surface area contributed by atoms with Gasteiger partial charge in [-0.25, -0.2) is 4.79 Å². The van der Waals surface area contributed by atoms with E-state index < -0.39 is 12.0 Å². The zero-order chi connectivity index (χ0) is 17.6. The number of esters is 1. The Morgan fingerprint density at radius 3 is 2.61 bits per heavy atom. The largest absolute Gasteiger partial charge is 0.461 e. The minimum atomic E-state index is -0.662. The summed E-state index contributed by atoms with van der Waals surface area (Å²) in [5, 5.41) is 7.09. The lowest BCUT2D eigenvalue weighted by Gasteiger charge is -2.19. The van der Waals surface area contributed by atoms with Gasteiger partial charge >= 0.3 is 5.97 Å². The number of nitrogens with one attached hydrogen (secondary N) is 1. The van der Waals surface area contributed by atoms with E-state index in [2.05, 4.69) is 26.3 Å². The van der Waals surface area contributed by atoms with Crippen LogP contribution in [0.5, 0.6) is 0 Å². The molecule has 0 aromatic carbocycles. The lowest BCUT2D eigenvalue weighted by Crippen LogP contribution is -2.43. The van der Waals surface area contributed by atoms with Crippen molar-refractivity contribution in [1.29, 1.82) is 0 Å². The van der Waals surface area contributed by atoms with Crippen molar-refractivity contribution in [1.82, 2.24) is 15.1 Å². The predicted octanol–water partition coefficient (Wildman–Crippen LogP) is 2.78. The number of hydrogen-bond donors (Lipinski definition) is 1. The Labute approximate surface area is 149 Å². The molecule has 130 valence electrons. The molecule has 1 rings (SSSR count). The van der Waals surface area contributed by atoms with Crippen LogP contribution in [0, 0.1) is 6.92 Å². The zero-order valence-corrected chi connectivity index (χ0v) is 16.6. The topological polar surface area (TPSA) is 73.2 Å². The normalized spacial score (nSPS) is 12.3. The van der Waals surface area contributed by atoms with Gasteiger partial charge in [0.05, 0.1) is 16.3 Å². The average molecular weight is 406 g/mol. The molecule has 0 bridgehead atoms. The number of rotatable bonds is 8. The van der Waals surface area contributed by atoms with Gasteiger partial charge < -0.3 is 10.1 Å². The van der Waals surface area contributed by atoms with Crippen LogP contribution in [0.3, 0.4) is 0 Å². The highest BCUT2D eigenvalue weighted by atomic mass is 79.9. The summed E-state index contributed by atoms with van der Waals surface area (Å²) in [4.78, 5) is 24.8. The summed E-state index contributed by atoms with van der Waals surface area (Å²) in [5.41, 5.74) is 1.17. The van der Waals surface area contributed by atoms with E-state index in [9.17, 15) is 9.59 Å². The van der Waals surface area contributed by atoms with Crippen molar-refractivity contribution in [2.45, 2.75) is 52.8 Å². The van der Waals surface area contributed by atoms with Crippen molar-refractivity contribution in [3.8, 4) is 0 Å². The van der Waals surface area contributed by atoms with Gasteiger partial charge in [-0.1, -0.05) is 0 Å². The second-order valence-corrected chi connectivity index (χ2v) is 7.14. The number of aromatic nitrogens is 2. The summed E-state index contributed by atoms with van der Waals surface area (Å²) < 4.78 is 7.51. The maximum Gasteiger partial charge on any atom is 0.328 e. The Hall–Kier alpha value is -1.02. The number of thioether (sulfide) groups is 1. The third-order valence-electron chi connectivity index (χ3n) is 3.12. The van der Waals surface area contributed by atoms with Crippen LogP contribution in [-0.4, -0.2) is 45.8 Å². The monoisotopic (exact) mass is 405 g/mol. The molecule has 0 aliphatic rings. The number of carbonyl (C=O) groups is 2. The molecular weight excluding hydrogens is 382 g/mol. The molecule has 0 aliphatic heterocycles. The minimum absolute atomic E-state index is 0.216. The van der Waals surface area contributed by atoms with Crippen LogP contribution in [0.2, 0.25) is 0 Å². The van der Waals surface area contributed by atoms with Gasteiger partial charge in [0.2, 0.25) is 0 Å². The maximum absolute atomic E-state index is 12.6. The minimum Gasteiger partial charge on any atom is -0.461 e. The summed E-state index contributed by atoms with van der Waals surface area (Å²) in [5.74, 6) is 0.0229. The molecule has 1 unspecified atom stereocenters. The molecule has 1 amide bonds. The number of aryl methyl sites for hydroxylation is 2. The van der Waals surface area contributed by atoms with Crippen molar-refractivity contribution in [2.24, 2.45) is 0 Å². The van der Waals surface area contributed by atoms with Crippen LogP contribution in [0.4, 0.5) is 0 Å². The van der Waals surface area contributed by atoms with Gasteiger partial charge in [-0.3, -0.25) is 9.48 Å². The lowest BCUT2D eigenvalue weighted by molar-refractivity contribution is -0.149. The molecule has 1 atom stereocenters. The number of amides is 1. The molecular formula is C15H24BrN3O3S. The number of nitrogens with zero attached hydrogens (tertiary/aromatic N) is 2. The maximum atomic E-state index is 12.6. The second kappa shape index (κ2) is 9.32. The summed E-state index contributed by atoms with van der Waals surface area (Å²) in [7, 11) is 0. The van der Waals surface area contributed by atoms with E-state index in [1.54, 1.807) is 30.3 Å². The molecule has 0 radical (unpaired) electrons. The van der Waals surface area contributed by atoms with Crippen LogP contribution in [0.15, 0.2) is 4.47 Å². The lowest BCUT2D eigenvalue weighted by atomic mass is 10.2. The first-order valence-corrected chi connectivity index (χ1v) is 9.73. The van der Waals surface area contributed by atoms with Crippen LogP contribution in [-0.2, 0) is 16.1 Å². The van der Waals surface area contributed by atoms with Gasteiger partial charge in [-0.2, -0.15) is 16.9 Å². The predicted molar refractivity (Wildman–Crippen MR) is 95.8 cm³/mol. The number of ether oxygens (including phenoxy) is 1. The molecule has 1 heterocycles. The summed E-state index contributed by atoms with van der Waals surface area (Å²) in [6, 6.07) is -0.662. The van der Waals surface area contributed by atoms with E-state index in [-0.39, 0.29) is 12.0 Å². The molecule has 23 heavy (non-hydrogen) atoms. The molecule has 1 N–H and O–H groups in total. The second-order valence-electron chi connectivity index (χ2n) is 5.36. The third kappa shape index (κ3) is 5.53. The van der Waals surface area contributed by atoms with Crippen LogP contribution in [0.25, 0.3) is 0 Å². The molecule has 0 aliphatic carbocycles. The highest BCUT2D eigenvalue weighted by Crippen LogP contribution is 2.21. The van der Waals surface area contributed by atoms with E-state index in [1.807, 2.05) is 20.1 Å². The van der Waals surface area contributed by atoms with Crippen LogP contribution >= 0.6 is 27.7 Å². The Bertz CT molecular complexity index is 560. The smallest absolute Gasteiger partial charge is 0.328 e. The Morgan fingerprint density at radius 2 is 2.09 bits per heavy atom. The van der Waals surface area contributed by atoms with Crippen molar-refractivity contribution in [3.05, 3.63) is 15.9 Å². The first-order chi connectivity index (χ1) is 10.8. The molecule has 1 aromatic heterocycles. The highest BCUT2D eigenvalue weighted by Gasteiger charge is 2.27. The Balaban J connectivity index is 2.94.